The molecule has 0 saturated heterocycles. The molecule has 3 rings (SSSR count). The second-order valence-electron chi connectivity index (χ2n) is 5.64. The smallest absolute Gasteiger partial charge is 0.226 e. The zero-order valence-corrected chi connectivity index (χ0v) is 11.7. The lowest BCUT2D eigenvalue weighted by Gasteiger charge is -2.21. The molecule has 4 nitrogen and oxygen atoms in total. The molecule has 106 valence electrons. The number of hydrogen-bond acceptors (Lipinski definition) is 4. The Hall–Kier alpha value is -1.68. The Morgan fingerprint density at radius 3 is 2.95 bits per heavy atom. The van der Waals surface area contributed by atoms with Crippen LogP contribution in [0.15, 0.2) is 28.8 Å². The summed E-state index contributed by atoms with van der Waals surface area (Å²) >= 11 is 0. The second-order valence-corrected chi connectivity index (χ2v) is 5.64. The Balaban J connectivity index is 1.69. The number of aryl methyl sites for hydroxylation is 2. The van der Waals surface area contributed by atoms with Gasteiger partial charge in [0.15, 0.2) is 5.82 Å². The number of aliphatic hydroxyl groups excluding tert-OH is 1. The lowest BCUT2D eigenvalue weighted by Crippen LogP contribution is -2.13. The number of rotatable bonds is 4. The van der Waals surface area contributed by atoms with Crippen LogP contribution in [0.4, 0.5) is 0 Å². The summed E-state index contributed by atoms with van der Waals surface area (Å²) in [5.41, 5.74) is 2.85. The molecule has 0 fully saturated rings. The van der Waals surface area contributed by atoms with Crippen LogP contribution in [-0.4, -0.2) is 21.4 Å². The van der Waals surface area contributed by atoms with E-state index in [1.54, 1.807) is 6.92 Å². The monoisotopic (exact) mass is 272 g/mol. The molecule has 2 aromatic rings. The maximum Gasteiger partial charge on any atom is 0.226 e. The topological polar surface area (TPSA) is 59.2 Å². The van der Waals surface area contributed by atoms with E-state index in [4.69, 9.17) is 4.52 Å². The minimum absolute atomic E-state index is 0.327. The highest BCUT2D eigenvalue weighted by Crippen LogP contribution is 2.31. The van der Waals surface area contributed by atoms with Crippen molar-refractivity contribution >= 4 is 0 Å². The summed E-state index contributed by atoms with van der Waals surface area (Å²) in [6.07, 6.45) is 4.13. The van der Waals surface area contributed by atoms with Gasteiger partial charge in [-0.2, -0.15) is 4.98 Å². The summed E-state index contributed by atoms with van der Waals surface area (Å²) in [7, 11) is 0. The molecule has 0 amide bonds. The van der Waals surface area contributed by atoms with Crippen molar-refractivity contribution in [3.8, 4) is 0 Å². The van der Waals surface area contributed by atoms with Gasteiger partial charge in [-0.3, -0.25) is 0 Å². The number of hydrogen-bond donors (Lipinski definition) is 1. The molecule has 1 aliphatic carbocycles. The van der Waals surface area contributed by atoms with Crippen LogP contribution in [0, 0.1) is 0 Å². The van der Waals surface area contributed by atoms with Crippen LogP contribution in [0.3, 0.4) is 0 Å². The maximum absolute atomic E-state index is 9.29. The van der Waals surface area contributed by atoms with Gasteiger partial charge in [0.1, 0.15) is 0 Å². The van der Waals surface area contributed by atoms with Crippen LogP contribution in [0.5, 0.6) is 0 Å². The summed E-state index contributed by atoms with van der Waals surface area (Å²) in [5.74, 6) is 1.81. The zero-order valence-electron chi connectivity index (χ0n) is 11.7. The van der Waals surface area contributed by atoms with Crippen LogP contribution in [-0.2, 0) is 19.3 Å². The summed E-state index contributed by atoms with van der Waals surface area (Å²) in [5, 5.41) is 13.4. The van der Waals surface area contributed by atoms with E-state index in [1.165, 1.54) is 11.1 Å². The molecule has 0 aliphatic heterocycles. The highest BCUT2D eigenvalue weighted by Gasteiger charge is 2.24. The molecule has 4 heteroatoms. The molecular formula is C16H20N2O2. The van der Waals surface area contributed by atoms with Crippen LogP contribution < -0.4 is 0 Å². The second kappa shape index (κ2) is 5.75. The predicted molar refractivity (Wildman–Crippen MR) is 75.5 cm³/mol. The van der Waals surface area contributed by atoms with Crippen molar-refractivity contribution in [3.63, 3.8) is 0 Å². The van der Waals surface area contributed by atoms with Gasteiger partial charge in [-0.15, -0.1) is 0 Å². The average Bonchev–Trinajstić information content (AvgIpc) is 2.93. The van der Waals surface area contributed by atoms with Crippen molar-refractivity contribution in [3.05, 3.63) is 47.1 Å². The van der Waals surface area contributed by atoms with Gasteiger partial charge in [0.05, 0.1) is 6.10 Å². The van der Waals surface area contributed by atoms with Crippen LogP contribution in [0.1, 0.15) is 48.5 Å². The van der Waals surface area contributed by atoms with Gasteiger partial charge in [-0.1, -0.05) is 29.4 Å². The summed E-state index contributed by atoms with van der Waals surface area (Å²) < 4.78 is 5.28. The number of fused-ring (bicyclic) bond motifs is 1. The molecular weight excluding hydrogens is 252 g/mol. The van der Waals surface area contributed by atoms with E-state index in [1.807, 2.05) is 0 Å². The molecule has 0 spiro atoms. The van der Waals surface area contributed by atoms with E-state index in [0.29, 0.717) is 24.7 Å². The van der Waals surface area contributed by atoms with Gasteiger partial charge in [0, 0.05) is 12.3 Å². The Labute approximate surface area is 118 Å². The van der Waals surface area contributed by atoms with Gasteiger partial charge in [0.2, 0.25) is 5.89 Å². The van der Waals surface area contributed by atoms with E-state index < -0.39 is 0 Å². The Morgan fingerprint density at radius 1 is 1.35 bits per heavy atom. The van der Waals surface area contributed by atoms with Gasteiger partial charge in [-0.25, -0.2) is 0 Å². The van der Waals surface area contributed by atoms with E-state index >= 15 is 0 Å². The molecule has 0 radical (unpaired) electrons. The highest BCUT2D eigenvalue weighted by molar-refractivity contribution is 5.31. The predicted octanol–water partition coefficient (Wildman–Crippen LogP) is 2.66. The molecule has 1 N–H and O–H groups in total. The van der Waals surface area contributed by atoms with Crippen molar-refractivity contribution in [2.45, 2.75) is 51.0 Å². The Bertz CT molecular complexity index is 577. The quantitative estimate of drug-likeness (QED) is 0.929. The molecule has 1 aromatic carbocycles. The van der Waals surface area contributed by atoms with Crippen molar-refractivity contribution in [1.29, 1.82) is 0 Å². The first-order valence-electron chi connectivity index (χ1n) is 7.29. The minimum atomic E-state index is -0.327. The molecule has 0 bridgehead atoms. The lowest BCUT2D eigenvalue weighted by atomic mass is 9.83. The third kappa shape index (κ3) is 2.90. The fourth-order valence-electron chi connectivity index (χ4n) is 2.79. The van der Waals surface area contributed by atoms with Crippen molar-refractivity contribution in [2.24, 2.45) is 0 Å². The van der Waals surface area contributed by atoms with Crippen LogP contribution in [0.2, 0.25) is 0 Å². The molecule has 1 heterocycles. The van der Waals surface area contributed by atoms with Crippen molar-refractivity contribution < 1.29 is 9.63 Å². The van der Waals surface area contributed by atoms with Crippen LogP contribution in [0.25, 0.3) is 0 Å². The minimum Gasteiger partial charge on any atom is -0.393 e. The standard InChI is InChI=1S/C16H20N2O2/c1-11(19)6-9-15-17-16(18-20-15)14-8-7-12-4-2-3-5-13(12)10-14/h2-5,11,14,19H,6-10H2,1H3. The first-order chi connectivity index (χ1) is 9.72. The van der Waals surface area contributed by atoms with E-state index in [0.717, 1.165) is 25.1 Å². The fraction of sp³-hybridized carbons (Fsp3) is 0.500. The molecule has 1 aliphatic rings. The van der Waals surface area contributed by atoms with Gasteiger partial charge in [0.25, 0.3) is 0 Å². The largest absolute Gasteiger partial charge is 0.393 e. The van der Waals surface area contributed by atoms with Gasteiger partial charge >= 0.3 is 0 Å². The summed E-state index contributed by atoms with van der Waals surface area (Å²) in [6, 6.07) is 8.58. The number of benzene rings is 1. The SMILES string of the molecule is CC(O)CCc1nc(C2CCc3ccccc3C2)no1. The zero-order chi connectivity index (χ0) is 13.9. The third-order valence-electron chi connectivity index (χ3n) is 3.97. The summed E-state index contributed by atoms with van der Waals surface area (Å²) in [4.78, 5) is 4.49. The number of aliphatic hydroxyl groups is 1. The van der Waals surface area contributed by atoms with Crippen molar-refractivity contribution in [2.75, 3.05) is 0 Å². The van der Waals surface area contributed by atoms with Crippen molar-refractivity contribution in [1.82, 2.24) is 10.1 Å². The lowest BCUT2D eigenvalue weighted by molar-refractivity contribution is 0.180. The first-order valence-corrected chi connectivity index (χ1v) is 7.29. The number of nitrogens with zero attached hydrogens (tertiary/aromatic N) is 2. The highest BCUT2D eigenvalue weighted by atomic mass is 16.5. The average molecular weight is 272 g/mol. The third-order valence-corrected chi connectivity index (χ3v) is 3.97. The molecule has 2 atom stereocenters. The van der Waals surface area contributed by atoms with Crippen LogP contribution >= 0.6 is 0 Å². The van der Waals surface area contributed by atoms with E-state index in [-0.39, 0.29) is 6.10 Å². The van der Waals surface area contributed by atoms with E-state index in [9.17, 15) is 5.11 Å². The first kappa shape index (κ1) is 13.3. The van der Waals surface area contributed by atoms with Gasteiger partial charge < -0.3 is 9.63 Å². The number of aromatic nitrogens is 2. The Morgan fingerprint density at radius 2 is 2.15 bits per heavy atom. The molecule has 0 saturated carbocycles. The molecule has 1 aromatic heterocycles. The summed E-state index contributed by atoms with van der Waals surface area (Å²) in [6.45, 7) is 1.77. The molecule has 20 heavy (non-hydrogen) atoms. The molecule has 2 unspecified atom stereocenters. The Kier molecular flexibility index (Phi) is 3.83. The normalized spacial score (nSPS) is 19.6. The van der Waals surface area contributed by atoms with E-state index in [2.05, 4.69) is 34.4 Å². The fourth-order valence-corrected chi connectivity index (χ4v) is 2.79. The van der Waals surface area contributed by atoms with Gasteiger partial charge in [-0.05, 0) is 43.7 Å². The maximum atomic E-state index is 9.29.